The number of rotatable bonds is 3. The molecule has 1 aliphatic rings. The molecule has 2 N–H and O–H groups in total. The molecule has 2 rings (SSSR count). The van der Waals surface area contributed by atoms with Crippen LogP contribution in [-0.2, 0) is 9.53 Å². The highest BCUT2D eigenvalue weighted by atomic mass is 19.1. The summed E-state index contributed by atoms with van der Waals surface area (Å²) in [4.78, 5) is 11.8. The van der Waals surface area contributed by atoms with Crippen molar-refractivity contribution in [2.75, 3.05) is 32.2 Å². The zero-order valence-corrected chi connectivity index (χ0v) is 10.0. The third-order valence-corrected chi connectivity index (χ3v) is 2.66. The third-order valence-electron chi connectivity index (χ3n) is 2.66. The van der Waals surface area contributed by atoms with Gasteiger partial charge in [0.15, 0.2) is 11.6 Å². The molecule has 0 bridgehead atoms. The number of nitrogens with one attached hydrogen (secondary N) is 2. The number of morpholine rings is 1. The summed E-state index contributed by atoms with van der Waals surface area (Å²) in [5.41, 5.74) is 0.394. The number of benzene rings is 1. The number of amides is 1. The lowest BCUT2D eigenvalue weighted by Gasteiger charge is -2.22. The molecule has 1 aromatic carbocycles. The molecule has 1 amide bonds. The van der Waals surface area contributed by atoms with Crippen LogP contribution in [0.25, 0.3) is 0 Å². The fourth-order valence-corrected chi connectivity index (χ4v) is 1.71. The van der Waals surface area contributed by atoms with Crippen LogP contribution in [0.15, 0.2) is 18.2 Å². The van der Waals surface area contributed by atoms with Gasteiger partial charge >= 0.3 is 0 Å². The maximum absolute atomic E-state index is 13.4. The molecule has 0 aromatic heterocycles. The molecule has 0 radical (unpaired) electrons. The number of ether oxygens (including phenoxy) is 2. The van der Waals surface area contributed by atoms with Crippen molar-refractivity contribution in [2.45, 2.75) is 6.04 Å². The Balaban J connectivity index is 2.00. The minimum absolute atomic E-state index is 0.145. The highest BCUT2D eigenvalue weighted by molar-refractivity contribution is 5.95. The van der Waals surface area contributed by atoms with Crippen molar-refractivity contribution in [3.63, 3.8) is 0 Å². The number of hydrogen-bond acceptors (Lipinski definition) is 4. The molecule has 1 aliphatic heterocycles. The van der Waals surface area contributed by atoms with Gasteiger partial charge in [-0.05, 0) is 12.1 Å². The first-order valence-electron chi connectivity index (χ1n) is 5.66. The van der Waals surface area contributed by atoms with E-state index in [4.69, 9.17) is 9.47 Å². The number of halogens is 1. The number of hydrogen-bond donors (Lipinski definition) is 2. The molecule has 0 aliphatic carbocycles. The Morgan fingerprint density at radius 2 is 2.44 bits per heavy atom. The Hall–Kier alpha value is -1.66. The summed E-state index contributed by atoms with van der Waals surface area (Å²) in [6, 6.07) is 3.88. The number of methoxy groups -OCH3 is 1. The van der Waals surface area contributed by atoms with Crippen LogP contribution < -0.4 is 15.4 Å². The van der Waals surface area contributed by atoms with E-state index in [0.717, 1.165) is 0 Å². The predicted octanol–water partition coefficient (Wildman–Crippen LogP) is 0.761. The molecule has 98 valence electrons. The molecule has 18 heavy (non-hydrogen) atoms. The molecule has 0 saturated carbocycles. The number of carbonyl (C=O) groups excluding carboxylic acids is 1. The van der Waals surface area contributed by atoms with Gasteiger partial charge in [0.2, 0.25) is 5.91 Å². The van der Waals surface area contributed by atoms with Crippen LogP contribution in [0.2, 0.25) is 0 Å². The zero-order valence-electron chi connectivity index (χ0n) is 10.0. The first-order chi connectivity index (χ1) is 8.70. The first kappa shape index (κ1) is 12.8. The van der Waals surface area contributed by atoms with Crippen molar-refractivity contribution in [3.8, 4) is 5.75 Å². The van der Waals surface area contributed by atoms with E-state index in [0.29, 0.717) is 25.4 Å². The first-order valence-corrected chi connectivity index (χ1v) is 5.66. The smallest absolute Gasteiger partial charge is 0.243 e. The van der Waals surface area contributed by atoms with Crippen LogP contribution >= 0.6 is 0 Å². The van der Waals surface area contributed by atoms with Crippen LogP contribution in [0.1, 0.15) is 0 Å². The summed E-state index contributed by atoms with van der Waals surface area (Å²) in [5, 5.41) is 5.65. The minimum atomic E-state index is -0.511. The largest absolute Gasteiger partial charge is 0.494 e. The molecule has 1 heterocycles. The van der Waals surface area contributed by atoms with Gasteiger partial charge in [-0.2, -0.15) is 0 Å². The van der Waals surface area contributed by atoms with Crippen molar-refractivity contribution in [1.82, 2.24) is 5.32 Å². The average Bonchev–Trinajstić information content (AvgIpc) is 2.40. The lowest BCUT2D eigenvalue weighted by atomic mass is 10.2. The van der Waals surface area contributed by atoms with Crippen LogP contribution in [0, 0.1) is 5.82 Å². The molecule has 1 unspecified atom stereocenters. The fraction of sp³-hybridized carbons (Fsp3) is 0.417. The molecule has 0 spiro atoms. The van der Waals surface area contributed by atoms with Crippen molar-refractivity contribution in [1.29, 1.82) is 0 Å². The second-order valence-electron chi connectivity index (χ2n) is 3.92. The molecule has 1 aromatic rings. The van der Waals surface area contributed by atoms with Gasteiger partial charge in [0.05, 0.1) is 20.3 Å². The van der Waals surface area contributed by atoms with Crippen LogP contribution in [-0.4, -0.2) is 38.8 Å². The second kappa shape index (κ2) is 5.79. The van der Waals surface area contributed by atoms with Gasteiger partial charge in [-0.1, -0.05) is 0 Å². The lowest BCUT2D eigenvalue weighted by molar-refractivity contribution is -0.120. The summed E-state index contributed by atoms with van der Waals surface area (Å²) in [6.45, 7) is 1.56. The SMILES string of the molecule is COc1ccc(NC(=O)C2COCCN2)cc1F. The maximum Gasteiger partial charge on any atom is 0.243 e. The molecule has 1 atom stereocenters. The second-order valence-corrected chi connectivity index (χ2v) is 3.92. The number of carbonyl (C=O) groups is 1. The summed E-state index contributed by atoms with van der Waals surface area (Å²) in [6.07, 6.45) is 0. The predicted molar refractivity (Wildman–Crippen MR) is 64.2 cm³/mol. The fourth-order valence-electron chi connectivity index (χ4n) is 1.71. The van der Waals surface area contributed by atoms with Gasteiger partial charge in [0, 0.05) is 18.3 Å². The topological polar surface area (TPSA) is 59.6 Å². The van der Waals surface area contributed by atoms with Crippen LogP contribution in [0.4, 0.5) is 10.1 Å². The standard InChI is InChI=1S/C12H15FN2O3/c1-17-11-3-2-8(6-9(11)13)15-12(16)10-7-18-5-4-14-10/h2-3,6,10,14H,4-5,7H2,1H3,(H,15,16). The molecular weight excluding hydrogens is 239 g/mol. The van der Waals surface area contributed by atoms with Gasteiger partial charge in [-0.15, -0.1) is 0 Å². The molecule has 6 heteroatoms. The highest BCUT2D eigenvalue weighted by Crippen LogP contribution is 2.20. The monoisotopic (exact) mass is 254 g/mol. The van der Waals surface area contributed by atoms with Crippen molar-refractivity contribution >= 4 is 11.6 Å². The summed E-state index contributed by atoms with van der Waals surface area (Å²) in [5.74, 6) is -0.602. The van der Waals surface area contributed by atoms with Crippen LogP contribution in [0.5, 0.6) is 5.75 Å². The third kappa shape index (κ3) is 2.96. The summed E-state index contributed by atoms with van der Waals surface area (Å²) in [7, 11) is 1.39. The van der Waals surface area contributed by atoms with Gasteiger partial charge in [0.1, 0.15) is 6.04 Å². The Kier molecular flexibility index (Phi) is 4.11. The highest BCUT2D eigenvalue weighted by Gasteiger charge is 2.21. The number of anilines is 1. The van der Waals surface area contributed by atoms with E-state index in [-0.39, 0.29) is 11.7 Å². The average molecular weight is 254 g/mol. The van der Waals surface area contributed by atoms with E-state index in [9.17, 15) is 9.18 Å². The van der Waals surface area contributed by atoms with E-state index >= 15 is 0 Å². The Labute approximate surface area is 104 Å². The van der Waals surface area contributed by atoms with Gasteiger partial charge in [0.25, 0.3) is 0 Å². The van der Waals surface area contributed by atoms with E-state index in [1.165, 1.54) is 19.2 Å². The van der Waals surface area contributed by atoms with E-state index in [1.54, 1.807) is 6.07 Å². The van der Waals surface area contributed by atoms with E-state index < -0.39 is 11.9 Å². The van der Waals surface area contributed by atoms with Gasteiger partial charge in [-0.3, -0.25) is 4.79 Å². The van der Waals surface area contributed by atoms with E-state index in [2.05, 4.69) is 10.6 Å². The van der Waals surface area contributed by atoms with Crippen molar-refractivity contribution in [2.24, 2.45) is 0 Å². The normalized spacial score (nSPS) is 19.3. The molecule has 5 nitrogen and oxygen atoms in total. The summed E-state index contributed by atoms with van der Waals surface area (Å²) >= 11 is 0. The lowest BCUT2D eigenvalue weighted by Crippen LogP contribution is -2.48. The molecule has 1 fully saturated rings. The maximum atomic E-state index is 13.4. The quantitative estimate of drug-likeness (QED) is 0.836. The zero-order chi connectivity index (χ0) is 13.0. The van der Waals surface area contributed by atoms with Gasteiger partial charge < -0.3 is 20.1 Å². The Bertz CT molecular complexity index is 433. The van der Waals surface area contributed by atoms with Crippen molar-refractivity contribution < 1.29 is 18.7 Å². The van der Waals surface area contributed by atoms with Crippen molar-refractivity contribution in [3.05, 3.63) is 24.0 Å². The Morgan fingerprint density at radius 1 is 1.61 bits per heavy atom. The minimum Gasteiger partial charge on any atom is -0.494 e. The Morgan fingerprint density at radius 3 is 3.06 bits per heavy atom. The van der Waals surface area contributed by atoms with Crippen LogP contribution in [0.3, 0.4) is 0 Å². The summed E-state index contributed by atoms with van der Waals surface area (Å²) < 4.78 is 23.4. The molecule has 1 saturated heterocycles. The van der Waals surface area contributed by atoms with Gasteiger partial charge in [-0.25, -0.2) is 4.39 Å². The van der Waals surface area contributed by atoms with E-state index in [1.807, 2.05) is 0 Å². The molecular formula is C12H15FN2O3.